The first-order chi connectivity index (χ1) is 16.7. The summed E-state index contributed by atoms with van der Waals surface area (Å²) >= 11 is 0. The predicted octanol–water partition coefficient (Wildman–Crippen LogP) is 3.74. The van der Waals surface area contributed by atoms with Gasteiger partial charge in [-0.2, -0.15) is 5.10 Å². The number of aryl methyl sites for hydroxylation is 1. The van der Waals surface area contributed by atoms with Crippen LogP contribution in [0, 0.1) is 0 Å². The van der Waals surface area contributed by atoms with Crippen LogP contribution in [0.3, 0.4) is 0 Å². The molecule has 0 saturated carbocycles. The molecule has 5 rings (SSSR count). The summed E-state index contributed by atoms with van der Waals surface area (Å²) in [6, 6.07) is 20.4. The number of carbonyl (C=O) groups is 1. The Morgan fingerprint density at radius 1 is 1.06 bits per heavy atom. The molecule has 0 unspecified atom stereocenters. The largest absolute Gasteiger partial charge is 0.378 e. The highest BCUT2D eigenvalue weighted by Gasteiger charge is 2.53. The zero-order chi connectivity index (χ0) is 23.4. The maximum absolute atomic E-state index is 13.0. The van der Waals surface area contributed by atoms with Crippen molar-refractivity contribution in [3.8, 4) is 0 Å². The maximum atomic E-state index is 13.0. The van der Waals surface area contributed by atoms with Crippen LogP contribution in [-0.2, 0) is 27.9 Å². The Balaban J connectivity index is 1.27. The minimum Gasteiger partial charge on any atom is -0.378 e. The Labute approximate surface area is 201 Å². The van der Waals surface area contributed by atoms with E-state index in [2.05, 4.69) is 39.6 Å². The Morgan fingerprint density at radius 2 is 1.82 bits per heavy atom. The standard InChI is InChI=1S/C28H34N4O2/c1-34-27-26(30-25(33)21-22-9-3-2-4-10-22)23-11-5-6-12-24(23)28(27)13-19-31(20-14-28)16-8-18-32-17-7-15-29-32/h2-7,9-12,15,17,26-27H,8,13-14,16,18-21H2,1H3,(H,30,33)/t26-,27+/m1/s1. The lowest BCUT2D eigenvalue weighted by Gasteiger charge is -2.44. The first-order valence-electron chi connectivity index (χ1n) is 12.3. The molecule has 1 fully saturated rings. The van der Waals surface area contributed by atoms with Crippen molar-refractivity contribution in [3.63, 3.8) is 0 Å². The zero-order valence-electron chi connectivity index (χ0n) is 19.9. The number of nitrogens with one attached hydrogen (secondary N) is 1. The summed E-state index contributed by atoms with van der Waals surface area (Å²) in [4.78, 5) is 15.6. The number of fused-ring (bicyclic) bond motifs is 2. The number of methoxy groups -OCH3 is 1. The van der Waals surface area contributed by atoms with Crippen LogP contribution >= 0.6 is 0 Å². The lowest BCUT2D eigenvalue weighted by atomic mass is 9.72. The van der Waals surface area contributed by atoms with Gasteiger partial charge in [0.05, 0.1) is 18.6 Å². The van der Waals surface area contributed by atoms with Crippen LogP contribution in [0.5, 0.6) is 0 Å². The SMILES string of the molecule is CO[C@H]1[C@H](NC(=O)Cc2ccccc2)c2ccccc2C12CCN(CCCn1cccn1)CC2. The monoisotopic (exact) mass is 458 g/mol. The van der Waals surface area contributed by atoms with Crippen LogP contribution in [0.15, 0.2) is 73.1 Å². The van der Waals surface area contributed by atoms with Crippen LogP contribution in [-0.4, -0.2) is 53.4 Å². The Bertz CT molecular complexity index is 1070. The molecule has 2 aliphatic rings. The third kappa shape index (κ3) is 4.52. The number of nitrogens with zero attached hydrogens (tertiary/aromatic N) is 3. The van der Waals surface area contributed by atoms with E-state index in [1.807, 2.05) is 53.5 Å². The summed E-state index contributed by atoms with van der Waals surface area (Å²) in [5.41, 5.74) is 3.53. The molecule has 1 N–H and O–H groups in total. The summed E-state index contributed by atoms with van der Waals surface area (Å²) in [5.74, 6) is 0.0427. The molecule has 1 aliphatic carbocycles. The van der Waals surface area contributed by atoms with Crippen LogP contribution in [0.4, 0.5) is 0 Å². The molecule has 1 amide bonds. The number of hydrogen-bond donors (Lipinski definition) is 1. The van der Waals surface area contributed by atoms with E-state index in [0.717, 1.165) is 51.0 Å². The highest BCUT2D eigenvalue weighted by molar-refractivity contribution is 5.79. The first kappa shape index (κ1) is 22.8. The van der Waals surface area contributed by atoms with E-state index in [-0.39, 0.29) is 23.5 Å². The van der Waals surface area contributed by atoms with E-state index in [1.165, 1.54) is 11.1 Å². The molecule has 0 bridgehead atoms. The molecule has 6 heteroatoms. The van der Waals surface area contributed by atoms with Crippen molar-refractivity contribution in [3.05, 3.63) is 89.7 Å². The number of amides is 1. The second-order valence-electron chi connectivity index (χ2n) is 9.57. The molecule has 34 heavy (non-hydrogen) atoms. The highest BCUT2D eigenvalue weighted by atomic mass is 16.5. The van der Waals surface area contributed by atoms with Gasteiger partial charge < -0.3 is 15.0 Å². The molecule has 1 aliphatic heterocycles. The highest BCUT2D eigenvalue weighted by Crippen LogP contribution is 2.52. The number of carbonyl (C=O) groups excluding carboxylic acids is 1. The molecular weight excluding hydrogens is 424 g/mol. The number of aromatic nitrogens is 2. The second-order valence-corrected chi connectivity index (χ2v) is 9.57. The van der Waals surface area contributed by atoms with Gasteiger partial charge in [-0.1, -0.05) is 54.6 Å². The fourth-order valence-corrected chi connectivity index (χ4v) is 6.00. The average molecular weight is 459 g/mol. The molecule has 6 nitrogen and oxygen atoms in total. The molecule has 1 aromatic heterocycles. The van der Waals surface area contributed by atoms with Gasteiger partial charge in [-0.05, 0) is 61.7 Å². The first-order valence-corrected chi connectivity index (χ1v) is 12.3. The minimum atomic E-state index is -0.122. The summed E-state index contributed by atoms with van der Waals surface area (Å²) < 4.78 is 8.17. The van der Waals surface area contributed by atoms with E-state index in [9.17, 15) is 4.79 Å². The number of ether oxygens (including phenoxy) is 1. The van der Waals surface area contributed by atoms with E-state index in [4.69, 9.17) is 4.74 Å². The predicted molar refractivity (Wildman–Crippen MR) is 132 cm³/mol. The van der Waals surface area contributed by atoms with Gasteiger partial charge in [-0.15, -0.1) is 0 Å². The lowest BCUT2D eigenvalue weighted by molar-refractivity contribution is -0.122. The molecule has 2 aromatic carbocycles. The van der Waals surface area contributed by atoms with Gasteiger partial charge in [0.25, 0.3) is 0 Å². The number of piperidine rings is 1. The number of hydrogen-bond acceptors (Lipinski definition) is 4. The summed E-state index contributed by atoms with van der Waals surface area (Å²) in [6.45, 7) is 4.11. The third-order valence-electron chi connectivity index (χ3n) is 7.63. The van der Waals surface area contributed by atoms with Crippen LogP contribution < -0.4 is 5.32 Å². The minimum absolute atomic E-state index is 0.0427. The molecule has 1 saturated heterocycles. The fourth-order valence-electron chi connectivity index (χ4n) is 6.00. The zero-order valence-corrected chi connectivity index (χ0v) is 19.9. The van der Waals surface area contributed by atoms with Gasteiger partial charge in [-0.25, -0.2) is 0 Å². The molecule has 3 aromatic rings. The van der Waals surface area contributed by atoms with Crippen molar-refractivity contribution in [1.29, 1.82) is 0 Å². The molecule has 178 valence electrons. The topological polar surface area (TPSA) is 59.4 Å². The Morgan fingerprint density at radius 3 is 2.56 bits per heavy atom. The Hall–Kier alpha value is -2.96. The van der Waals surface area contributed by atoms with Crippen molar-refractivity contribution >= 4 is 5.91 Å². The second kappa shape index (κ2) is 10.1. The molecule has 2 atom stereocenters. The van der Waals surface area contributed by atoms with Crippen molar-refractivity contribution in [2.45, 2.75) is 49.8 Å². The van der Waals surface area contributed by atoms with Crippen LogP contribution in [0.2, 0.25) is 0 Å². The van der Waals surface area contributed by atoms with Gasteiger partial charge in [0, 0.05) is 31.5 Å². The van der Waals surface area contributed by atoms with Gasteiger partial charge in [0.2, 0.25) is 5.91 Å². The number of benzene rings is 2. The number of likely N-dealkylation sites (tertiary alicyclic amines) is 1. The van der Waals surface area contributed by atoms with E-state index >= 15 is 0 Å². The van der Waals surface area contributed by atoms with E-state index in [1.54, 1.807) is 7.11 Å². The van der Waals surface area contributed by atoms with E-state index in [0.29, 0.717) is 6.42 Å². The molecule has 0 radical (unpaired) electrons. The van der Waals surface area contributed by atoms with E-state index < -0.39 is 0 Å². The molecule has 1 spiro atoms. The van der Waals surface area contributed by atoms with Gasteiger partial charge in [-0.3, -0.25) is 9.48 Å². The Kier molecular flexibility index (Phi) is 6.79. The summed E-state index contributed by atoms with van der Waals surface area (Å²) in [5, 5.41) is 7.64. The van der Waals surface area contributed by atoms with Crippen molar-refractivity contribution < 1.29 is 9.53 Å². The molecule has 2 heterocycles. The summed E-state index contributed by atoms with van der Waals surface area (Å²) in [6.07, 6.45) is 7.35. The average Bonchev–Trinajstić information content (AvgIpc) is 3.47. The fraction of sp³-hybridized carbons (Fsp3) is 0.429. The maximum Gasteiger partial charge on any atom is 0.224 e. The summed E-state index contributed by atoms with van der Waals surface area (Å²) in [7, 11) is 1.80. The third-order valence-corrected chi connectivity index (χ3v) is 7.63. The molecular formula is C28H34N4O2. The van der Waals surface area contributed by atoms with Gasteiger partial charge >= 0.3 is 0 Å². The van der Waals surface area contributed by atoms with Gasteiger partial charge in [0.1, 0.15) is 0 Å². The smallest absolute Gasteiger partial charge is 0.224 e. The van der Waals surface area contributed by atoms with Crippen LogP contribution in [0.1, 0.15) is 42.0 Å². The normalized spacial score (nSPS) is 21.4. The van der Waals surface area contributed by atoms with Crippen molar-refractivity contribution in [2.75, 3.05) is 26.7 Å². The van der Waals surface area contributed by atoms with Crippen molar-refractivity contribution in [2.24, 2.45) is 0 Å². The lowest BCUT2D eigenvalue weighted by Crippen LogP contribution is -2.50. The number of rotatable bonds is 8. The van der Waals surface area contributed by atoms with Crippen LogP contribution in [0.25, 0.3) is 0 Å². The quantitative estimate of drug-likeness (QED) is 0.559. The van der Waals surface area contributed by atoms with Crippen molar-refractivity contribution in [1.82, 2.24) is 20.0 Å². The van der Waals surface area contributed by atoms with Gasteiger partial charge in [0.15, 0.2) is 0 Å².